The molecule has 10 nitrogen and oxygen atoms in total. The van der Waals surface area contributed by atoms with Gasteiger partial charge in [-0.2, -0.15) is 14.9 Å². The molecule has 8 rings (SSSR count). The maximum atomic E-state index is 14.4. The number of hydrogen-bond donors (Lipinski definition) is 2. The maximum Gasteiger partial charge on any atom is 0.276 e. The van der Waals surface area contributed by atoms with E-state index in [9.17, 15) is 27.2 Å². The maximum absolute atomic E-state index is 14.4. The first-order chi connectivity index (χ1) is 26.3. The quantitative estimate of drug-likeness (QED) is 0.140. The second-order valence-corrected chi connectivity index (χ2v) is 12.8. The van der Waals surface area contributed by atoms with Gasteiger partial charge >= 0.3 is 0 Å². The fourth-order valence-electron chi connectivity index (χ4n) is 6.57. The molecule has 0 spiro atoms. The van der Waals surface area contributed by atoms with Gasteiger partial charge in [0, 0.05) is 64.4 Å². The lowest BCUT2D eigenvalue weighted by Crippen LogP contribution is -2.19. The predicted molar refractivity (Wildman–Crippen MR) is 201 cm³/mol. The van der Waals surface area contributed by atoms with Crippen LogP contribution in [0.25, 0.3) is 56.1 Å². The van der Waals surface area contributed by atoms with Gasteiger partial charge in [-0.1, -0.05) is 24.3 Å². The van der Waals surface area contributed by atoms with Crippen LogP contribution in [0.3, 0.4) is 0 Å². The van der Waals surface area contributed by atoms with E-state index in [0.29, 0.717) is 61.9 Å². The number of H-pyrrole nitrogens is 1. The number of halogens is 4. The lowest BCUT2D eigenvalue weighted by molar-refractivity contribution is 0.585. The van der Waals surface area contributed by atoms with E-state index in [1.807, 2.05) is 18.2 Å². The van der Waals surface area contributed by atoms with E-state index >= 15 is 0 Å². The van der Waals surface area contributed by atoms with E-state index in [2.05, 4.69) is 15.2 Å². The molecule has 8 aromatic rings. The van der Waals surface area contributed by atoms with Crippen molar-refractivity contribution in [3.8, 4) is 50.8 Å². The number of fused-ring (bicyclic) bond motifs is 2. The van der Waals surface area contributed by atoms with Crippen molar-refractivity contribution < 1.29 is 17.6 Å². The summed E-state index contributed by atoms with van der Waals surface area (Å²) in [6.07, 6.45) is 0. The number of benzene rings is 4. The number of nitrogens with zero attached hydrogens (tertiary/aromatic N) is 6. The highest BCUT2D eigenvalue weighted by Crippen LogP contribution is 2.33. The highest BCUT2D eigenvalue weighted by atomic mass is 19.1. The molecule has 0 saturated carbocycles. The number of aromatic amines is 1. The number of nitriles is 1. The molecular formula is C41H30F4N8O2. The van der Waals surface area contributed by atoms with Gasteiger partial charge in [-0.05, 0) is 74.9 Å². The van der Waals surface area contributed by atoms with Crippen LogP contribution < -0.4 is 16.9 Å². The number of aryl methyl sites for hydroxylation is 3. The van der Waals surface area contributed by atoms with Crippen LogP contribution in [-0.2, 0) is 7.05 Å². The van der Waals surface area contributed by atoms with Crippen LogP contribution in [0, 0.1) is 55.4 Å². The Hall–Kier alpha value is -7.27. The summed E-state index contributed by atoms with van der Waals surface area (Å²) in [5.41, 5.74) is 12.0. The van der Waals surface area contributed by atoms with Crippen LogP contribution in [0.2, 0.25) is 0 Å². The molecule has 14 heteroatoms. The first-order valence-electron chi connectivity index (χ1n) is 16.8. The summed E-state index contributed by atoms with van der Waals surface area (Å²) < 4.78 is 59.8. The summed E-state index contributed by atoms with van der Waals surface area (Å²) in [5.74, 6) is -2.79. The Balaban J connectivity index is 0.000000169. The molecule has 0 amide bonds. The lowest BCUT2D eigenvalue weighted by Gasteiger charge is -2.13. The third kappa shape index (κ3) is 6.41. The molecule has 3 N–H and O–H groups in total. The molecule has 4 aromatic heterocycles. The fraction of sp³-hybridized carbons (Fsp3) is 0.0976. The van der Waals surface area contributed by atoms with E-state index in [1.165, 1.54) is 33.3 Å². The van der Waals surface area contributed by atoms with Gasteiger partial charge in [-0.25, -0.2) is 27.1 Å². The normalized spacial score (nSPS) is 11.1. The fourth-order valence-corrected chi connectivity index (χ4v) is 6.57. The first-order valence-corrected chi connectivity index (χ1v) is 16.8. The molecule has 4 heterocycles. The van der Waals surface area contributed by atoms with Crippen LogP contribution in [0.5, 0.6) is 0 Å². The first kappa shape index (κ1) is 36.1. The van der Waals surface area contributed by atoms with Gasteiger partial charge in [0.1, 0.15) is 28.9 Å². The molecule has 0 saturated heterocycles. The van der Waals surface area contributed by atoms with Gasteiger partial charge in [0.2, 0.25) is 0 Å². The van der Waals surface area contributed by atoms with Crippen molar-refractivity contribution in [3.63, 3.8) is 0 Å². The summed E-state index contributed by atoms with van der Waals surface area (Å²) in [7, 11) is 1.77. The number of nitrogens with two attached hydrogens (primary N) is 1. The predicted octanol–water partition coefficient (Wildman–Crippen LogP) is 7.66. The van der Waals surface area contributed by atoms with Gasteiger partial charge in [-0.15, -0.1) is 0 Å². The third-order valence-electron chi connectivity index (χ3n) is 9.27. The second kappa shape index (κ2) is 13.9. The van der Waals surface area contributed by atoms with E-state index in [0.717, 1.165) is 23.8 Å². The summed E-state index contributed by atoms with van der Waals surface area (Å²) in [6, 6.07) is 24.0. The third-order valence-corrected chi connectivity index (χ3v) is 9.27. The molecule has 0 aliphatic carbocycles. The van der Waals surface area contributed by atoms with Crippen LogP contribution in [-0.4, -0.2) is 28.8 Å². The summed E-state index contributed by atoms with van der Waals surface area (Å²) >= 11 is 0. The number of aromatic nitrogens is 6. The van der Waals surface area contributed by atoms with E-state index < -0.39 is 23.3 Å². The topological polar surface area (TPSA) is 139 Å². The van der Waals surface area contributed by atoms with Gasteiger partial charge in [-0.3, -0.25) is 14.7 Å². The van der Waals surface area contributed by atoms with Crippen molar-refractivity contribution in [1.82, 2.24) is 28.8 Å². The number of hydrogen-bond acceptors (Lipinski definition) is 6. The van der Waals surface area contributed by atoms with Crippen molar-refractivity contribution in [2.24, 2.45) is 7.05 Å². The van der Waals surface area contributed by atoms with E-state index in [1.54, 1.807) is 68.8 Å². The van der Waals surface area contributed by atoms with E-state index in [-0.39, 0.29) is 27.9 Å². The van der Waals surface area contributed by atoms with Gasteiger partial charge in [0.15, 0.2) is 5.65 Å². The Bertz CT molecular complexity index is 2970. The minimum absolute atomic E-state index is 0.152. The standard InChI is InChI=1S/C21H14F2N4O.C20H16F2N4O/c1-11-19(14-5-3-13(10-24)4-6-14)25-20-18(12(2)26-27(20)21(11)28)16-8-7-15(22)9-17(16)23;1-11-19(15-8-5-13(21)9-16(15)22)20-25(2)17(10-18(27)26(20)24-11)12-3-6-14(23)7-4-12/h3-9,26H,1-2H3;3-10H,23H2,1-2H3. The molecule has 55 heavy (non-hydrogen) atoms. The summed E-state index contributed by atoms with van der Waals surface area (Å²) in [4.78, 5) is 30.1. The number of nitrogens with one attached hydrogen (secondary N) is 1. The molecule has 0 aliphatic heterocycles. The Morgan fingerprint density at radius 1 is 0.764 bits per heavy atom. The molecule has 0 aliphatic rings. The molecule has 0 unspecified atom stereocenters. The monoisotopic (exact) mass is 742 g/mol. The van der Waals surface area contributed by atoms with Crippen LogP contribution in [0.15, 0.2) is 101 Å². The van der Waals surface area contributed by atoms with E-state index in [4.69, 9.17) is 11.0 Å². The summed E-state index contributed by atoms with van der Waals surface area (Å²) in [5, 5.41) is 16.1. The molecule has 4 aromatic carbocycles. The molecule has 0 atom stereocenters. The number of nitrogen functional groups attached to an aromatic ring is 1. The van der Waals surface area contributed by atoms with Crippen molar-refractivity contribution in [2.45, 2.75) is 20.8 Å². The SMILES string of the molecule is Cc1[nH]n2c(=O)c(C)c(-c3ccc(C#N)cc3)nc2c1-c1ccc(F)cc1F.Cc1nn2c(=O)cc(-c3ccc(N)cc3)n(C)c2c1-c1ccc(F)cc1F. The zero-order chi connectivity index (χ0) is 39.3. The number of rotatable bonds is 4. The van der Waals surface area contributed by atoms with Crippen LogP contribution in [0.4, 0.5) is 23.2 Å². The van der Waals surface area contributed by atoms with Crippen molar-refractivity contribution in [3.05, 3.63) is 157 Å². The largest absolute Gasteiger partial charge is 0.399 e. The van der Waals surface area contributed by atoms with Gasteiger partial charge in [0.05, 0.1) is 34.3 Å². The molecule has 274 valence electrons. The highest BCUT2D eigenvalue weighted by Gasteiger charge is 2.22. The van der Waals surface area contributed by atoms with Gasteiger partial charge < -0.3 is 10.3 Å². The Labute approximate surface area is 310 Å². The van der Waals surface area contributed by atoms with Crippen LogP contribution >= 0.6 is 0 Å². The minimum Gasteiger partial charge on any atom is -0.399 e. The smallest absolute Gasteiger partial charge is 0.276 e. The van der Waals surface area contributed by atoms with Crippen LogP contribution in [0.1, 0.15) is 22.5 Å². The zero-order valence-corrected chi connectivity index (χ0v) is 29.7. The Kier molecular flexibility index (Phi) is 9.15. The minimum atomic E-state index is -0.737. The molecule has 0 bridgehead atoms. The second-order valence-electron chi connectivity index (χ2n) is 12.8. The van der Waals surface area contributed by atoms with Crippen molar-refractivity contribution in [1.29, 1.82) is 5.26 Å². The molecule has 0 radical (unpaired) electrons. The highest BCUT2D eigenvalue weighted by molar-refractivity contribution is 5.83. The lowest BCUT2D eigenvalue weighted by atomic mass is 10.0. The summed E-state index contributed by atoms with van der Waals surface area (Å²) in [6.45, 7) is 5.04. The zero-order valence-electron chi connectivity index (χ0n) is 29.7. The van der Waals surface area contributed by atoms with Crippen molar-refractivity contribution >= 4 is 17.0 Å². The Morgan fingerprint density at radius 2 is 1.35 bits per heavy atom. The van der Waals surface area contributed by atoms with Gasteiger partial charge in [0.25, 0.3) is 11.1 Å². The average molecular weight is 743 g/mol. The molecule has 0 fully saturated rings. The van der Waals surface area contributed by atoms with Crippen molar-refractivity contribution in [2.75, 3.05) is 5.73 Å². The Morgan fingerprint density at radius 3 is 1.93 bits per heavy atom. The number of anilines is 1. The average Bonchev–Trinajstić information content (AvgIpc) is 3.68. The molecular weight excluding hydrogens is 712 g/mol.